The zero-order valence-electron chi connectivity index (χ0n) is 15.7. The first-order valence-corrected chi connectivity index (χ1v) is 10.2. The maximum Gasteiger partial charge on any atom is 0.240 e. The van der Waals surface area contributed by atoms with Gasteiger partial charge in [0.15, 0.2) is 0 Å². The van der Waals surface area contributed by atoms with Crippen molar-refractivity contribution in [2.24, 2.45) is 0 Å². The Morgan fingerprint density at radius 1 is 1.07 bits per heavy atom. The molecule has 0 bridgehead atoms. The van der Waals surface area contributed by atoms with Gasteiger partial charge in [0.2, 0.25) is 15.9 Å². The molecule has 146 valence electrons. The van der Waals surface area contributed by atoms with Gasteiger partial charge < -0.3 is 10.1 Å². The number of carbonyl (C=O) groups is 1. The number of anilines is 1. The van der Waals surface area contributed by atoms with Crippen LogP contribution in [-0.2, 0) is 14.8 Å². The van der Waals surface area contributed by atoms with Gasteiger partial charge in [-0.3, -0.25) is 4.79 Å². The van der Waals surface area contributed by atoms with Crippen molar-refractivity contribution in [3.63, 3.8) is 0 Å². The van der Waals surface area contributed by atoms with Crippen molar-refractivity contribution in [3.8, 4) is 5.75 Å². The van der Waals surface area contributed by atoms with E-state index in [9.17, 15) is 13.2 Å². The molecule has 0 unspecified atom stereocenters. The van der Waals surface area contributed by atoms with Crippen molar-refractivity contribution >= 4 is 33.2 Å². The van der Waals surface area contributed by atoms with Gasteiger partial charge >= 0.3 is 0 Å². The molecule has 0 aromatic heterocycles. The Kier molecular flexibility index (Phi) is 6.86. The predicted molar refractivity (Wildman–Crippen MR) is 107 cm³/mol. The highest BCUT2D eigenvalue weighted by Crippen LogP contribution is 2.26. The monoisotopic (exact) mass is 410 g/mol. The van der Waals surface area contributed by atoms with Crippen LogP contribution in [0.15, 0.2) is 35.2 Å². The third-order valence-electron chi connectivity index (χ3n) is 4.38. The Labute approximate surface area is 164 Å². The average molecular weight is 411 g/mol. The molecule has 2 rings (SSSR count). The highest BCUT2D eigenvalue weighted by atomic mass is 35.5. The van der Waals surface area contributed by atoms with Gasteiger partial charge in [-0.2, -0.15) is 0 Å². The van der Waals surface area contributed by atoms with Crippen LogP contribution in [-0.4, -0.2) is 28.0 Å². The molecule has 2 aromatic carbocycles. The molecule has 0 heterocycles. The van der Waals surface area contributed by atoms with Crippen molar-refractivity contribution in [3.05, 3.63) is 52.0 Å². The summed E-state index contributed by atoms with van der Waals surface area (Å²) in [7, 11) is -2.19. The van der Waals surface area contributed by atoms with E-state index < -0.39 is 10.0 Å². The number of hydrogen-bond donors (Lipinski definition) is 2. The first kappa shape index (κ1) is 21.2. The van der Waals surface area contributed by atoms with Crippen LogP contribution < -0.4 is 14.8 Å². The van der Waals surface area contributed by atoms with Crippen LogP contribution in [0.25, 0.3) is 0 Å². The Morgan fingerprint density at radius 2 is 1.78 bits per heavy atom. The Bertz CT molecular complexity index is 958. The maximum absolute atomic E-state index is 12.5. The highest BCUT2D eigenvalue weighted by Gasteiger charge is 2.19. The van der Waals surface area contributed by atoms with Crippen LogP contribution in [0.2, 0.25) is 5.02 Å². The summed E-state index contributed by atoms with van der Waals surface area (Å²) < 4.78 is 32.8. The molecule has 0 aliphatic carbocycles. The van der Waals surface area contributed by atoms with Gasteiger partial charge in [-0.05, 0) is 61.7 Å². The average Bonchev–Trinajstić information content (AvgIpc) is 2.61. The molecule has 2 N–H and O–H groups in total. The number of halogens is 1. The van der Waals surface area contributed by atoms with Crippen LogP contribution in [0.3, 0.4) is 0 Å². The van der Waals surface area contributed by atoms with Crippen LogP contribution >= 0.6 is 11.6 Å². The summed E-state index contributed by atoms with van der Waals surface area (Å²) in [5.41, 5.74) is 2.74. The summed E-state index contributed by atoms with van der Waals surface area (Å²) in [6.07, 6.45) is -0.000627. The number of nitrogens with one attached hydrogen (secondary N) is 2. The van der Waals surface area contributed by atoms with E-state index in [1.54, 1.807) is 45.0 Å². The van der Waals surface area contributed by atoms with Crippen LogP contribution in [0.5, 0.6) is 5.75 Å². The maximum atomic E-state index is 12.5. The van der Waals surface area contributed by atoms with Gasteiger partial charge in [-0.15, -0.1) is 0 Å². The number of hydrogen-bond acceptors (Lipinski definition) is 4. The second kappa shape index (κ2) is 8.73. The van der Waals surface area contributed by atoms with E-state index in [-0.39, 0.29) is 23.8 Å². The molecule has 1 amide bonds. The number of benzene rings is 2. The number of carbonyl (C=O) groups excluding carboxylic acids is 1. The summed E-state index contributed by atoms with van der Waals surface area (Å²) in [4.78, 5) is 12.3. The fourth-order valence-corrected chi connectivity index (χ4v) is 4.12. The number of sulfonamides is 1. The number of methoxy groups -OCH3 is 1. The summed E-state index contributed by atoms with van der Waals surface area (Å²) in [6, 6.07) is 8.33. The second-order valence-corrected chi connectivity index (χ2v) is 8.27. The molecule has 0 saturated heterocycles. The first-order chi connectivity index (χ1) is 12.7. The van der Waals surface area contributed by atoms with Crippen molar-refractivity contribution in [1.82, 2.24) is 4.72 Å². The van der Waals surface area contributed by atoms with Crippen molar-refractivity contribution in [2.45, 2.75) is 32.1 Å². The molecular formula is C19H23ClN2O4S. The first-order valence-electron chi connectivity index (χ1n) is 8.36. The number of ether oxygens (including phenoxy) is 1. The standard InChI is InChI=1S/C19H23ClN2O4S/c1-12-13(2)18(9-8-17(12)26-4)27(24,25)21-11-10-19(23)22-16-7-5-6-15(20)14(16)3/h5-9,21H,10-11H2,1-4H3,(H,22,23). The summed E-state index contributed by atoms with van der Waals surface area (Å²) in [5, 5.41) is 3.29. The van der Waals surface area contributed by atoms with Crippen molar-refractivity contribution in [1.29, 1.82) is 0 Å². The molecule has 0 atom stereocenters. The molecule has 0 aliphatic rings. The van der Waals surface area contributed by atoms with E-state index in [0.717, 1.165) is 11.1 Å². The highest BCUT2D eigenvalue weighted by molar-refractivity contribution is 7.89. The van der Waals surface area contributed by atoms with Crippen LogP contribution in [0.4, 0.5) is 5.69 Å². The van der Waals surface area contributed by atoms with E-state index in [1.807, 2.05) is 0 Å². The molecule has 0 aliphatic heterocycles. The molecule has 27 heavy (non-hydrogen) atoms. The van der Waals surface area contributed by atoms with E-state index >= 15 is 0 Å². The quantitative estimate of drug-likeness (QED) is 0.730. The van der Waals surface area contributed by atoms with Gasteiger partial charge in [0, 0.05) is 23.7 Å². The molecule has 8 heteroatoms. The van der Waals surface area contributed by atoms with Gasteiger partial charge in [0.05, 0.1) is 12.0 Å². The lowest BCUT2D eigenvalue weighted by molar-refractivity contribution is -0.116. The minimum atomic E-state index is -3.73. The summed E-state index contributed by atoms with van der Waals surface area (Å²) in [5.74, 6) is 0.327. The molecule has 6 nitrogen and oxygen atoms in total. The topological polar surface area (TPSA) is 84.5 Å². The van der Waals surface area contributed by atoms with E-state index in [0.29, 0.717) is 22.0 Å². The van der Waals surface area contributed by atoms with Gasteiger partial charge in [0.25, 0.3) is 0 Å². The number of rotatable bonds is 7. The third-order valence-corrected chi connectivity index (χ3v) is 6.40. The lowest BCUT2D eigenvalue weighted by atomic mass is 10.1. The molecule has 0 saturated carbocycles. The van der Waals surface area contributed by atoms with Crippen molar-refractivity contribution < 1.29 is 17.9 Å². The van der Waals surface area contributed by atoms with E-state index in [1.165, 1.54) is 13.2 Å². The molecular weight excluding hydrogens is 388 g/mol. The molecule has 0 spiro atoms. The summed E-state index contributed by atoms with van der Waals surface area (Å²) in [6.45, 7) is 5.31. The van der Waals surface area contributed by atoms with Crippen molar-refractivity contribution in [2.75, 3.05) is 19.0 Å². The Morgan fingerprint density at radius 3 is 2.44 bits per heavy atom. The fourth-order valence-electron chi connectivity index (χ4n) is 2.62. The zero-order valence-corrected chi connectivity index (χ0v) is 17.3. The fraction of sp³-hybridized carbons (Fsp3) is 0.316. The predicted octanol–water partition coefficient (Wildman–Crippen LogP) is 3.58. The van der Waals surface area contributed by atoms with Gasteiger partial charge in [-0.1, -0.05) is 17.7 Å². The van der Waals surface area contributed by atoms with Crippen LogP contribution in [0, 0.1) is 20.8 Å². The second-order valence-electron chi connectivity index (χ2n) is 6.12. The molecule has 2 aromatic rings. The lowest BCUT2D eigenvalue weighted by Gasteiger charge is -2.14. The van der Waals surface area contributed by atoms with Gasteiger partial charge in [-0.25, -0.2) is 13.1 Å². The van der Waals surface area contributed by atoms with Gasteiger partial charge in [0.1, 0.15) is 5.75 Å². The normalized spacial score (nSPS) is 11.3. The zero-order chi connectivity index (χ0) is 20.2. The molecule has 0 radical (unpaired) electrons. The summed E-state index contributed by atoms with van der Waals surface area (Å²) >= 11 is 6.03. The minimum absolute atomic E-state index is 0.000627. The Hall–Kier alpha value is -2.09. The third kappa shape index (κ3) is 5.00. The molecule has 0 fully saturated rings. The van der Waals surface area contributed by atoms with E-state index in [2.05, 4.69) is 10.0 Å². The largest absolute Gasteiger partial charge is 0.496 e. The SMILES string of the molecule is COc1ccc(S(=O)(=O)NCCC(=O)Nc2cccc(Cl)c2C)c(C)c1C. The van der Waals surface area contributed by atoms with Crippen LogP contribution in [0.1, 0.15) is 23.1 Å². The lowest BCUT2D eigenvalue weighted by Crippen LogP contribution is -2.28. The minimum Gasteiger partial charge on any atom is -0.496 e. The Balaban J connectivity index is 2.01. The smallest absolute Gasteiger partial charge is 0.240 e. The van der Waals surface area contributed by atoms with E-state index in [4.69, 9.17) is 16.3 Å². The number of amides is 1.